The molecule has 0 bridgehead atoms. The van der Waals surface area contributed by atoms with Crippen molar-refractivity contribution in [3.8, 4) is 10.4 Å². The van der Waals surface area contributed by atoms with E-state index in [9.17, 15) is 13.2 Å². The molecule has 1 aromatic heterocycles. The number of aryl methyl sites for hydroxylation is 1. The molecule has 1 fully saturated rings. The second kappa shape index (κ2) is 9.57. The molecule has 1 amide bonds. The average molecular weight is 469 g/mol. The minimum atomic E-state index is -3.53. The Balaban J connectivity index is 1.49. The van der Waals surface area contributed by atoms with Gasteiger partial charge in [0.1, 0.15) is 0 Å². The van der Waals surface area contributed by atoms with Gasteiger partial charge in [-0.25, -0.2) is 8.42 Å². The molecule has 1 saturated heterocycles. The van der Waals surface area contributed by atoms with Crippen molar-refractivity contribution in [1.82, 2.24) is 4.31 Å². The summed E-state index contributed by atoms with van der Waals surface area (Å²) in [7, 11) is -3.53. The lowest BCUT2D eigenvalue weighted by atomic mass is 10.0. The van der Waals surface area contributed by atoms with Gasteiger partial charge >= 0.3 is 0 Å². The number of hydrogen-bond acceptors (Lipinski definition) is 4. The molecule has 1 atom stereocenters. The van der Waals surface area contributed by atoms with Crippen molar-refractivity contribution in [2.24, 2.45) is 0 Å². The van der Waals surface area contributed by atoms with E-state index >= 15 is 0 Å². The number of amides is 1. The largest absolute Gasteiger partial charge is 0.321 e. The molecule has 5 nitrogen and oxygen atoms in total. The van der Waals surface area contributed by atoms with Crippen molar-refractivity contribution in [3.63, 3.8) is 0 Å². The summed E-state index contributed by atoms with van der Waals surface area (Å²) in [5, 5.41) is 2.89. The van der Waals surface area contributed by atoms with Gasteiger partial charge in [0.2, 0.25) is 10.0 Å². The van der Waals surface area contributed by atoms with Gasteiger partial charge in [-0.3, -0.25) is 4.79 Å². The van der Waals surface area contributed by atoms with Gasteiger partial charge in [-0.15, -0.1) is 11.3 Å². The van der Waals surface area contributed by atoms with Crippen molar-refractivity contribution in [3.05, 3.63) is 71.1 Å². The summed E-state index contributed by atoms with van der Waals surface area (Å²) in [6.45, 7) is 4.60. The molecule has 1 aliphatic heterocycles. The van der Waals surface area contributed by atoms with Gasteiger partial charge in [0.25, 0.3) is 5.91 Å². The second-order valence-electron chi connectivity index (χ2n) is 8.14. The van der Waals surface area contributed by atoms with E-state index < -0.39 is 10.0 Å². The lowest BCUT2D eigenvalue weighted by Gasteiger charge is -2.34. The number of hydrogen-bond donors (Lipinski definition) is 1. The van der Waals surface area contributed by atoms with Crippen LogP contribution in [0.2, 0.25) is 0 Å². The van der Waals surface area contributed by atoms with Gasteiger partial charge in [-0.05, 0) is 67.6 Å². The quantitative estimate of drug-likeness (QED) is 0.488. The number of nitrogens with zero attached hydrogens (tertiary/aromatic N) is 1. The summed E-state index contributed by atoms with van der Waals surface area (Å²) < 4.78 is 27.9. The van der Waals surface area contributed by atoms with Crippen molar-refractivity contribution in [2.45, 2.75) is 50.5 Å². The zero-order valence-electron chi connectivity index (χ0n) is 18.4. The normalized spacial score (nSPS) is 17.2. The highest BCUT2D eigenvalue weighted by Gasteiger charge is 2.32. The van der Waals surface area contributed by atoms with Gasteiger partial charge in [-0.1, -0.05) is 43.7 Å². The number of sulfonamides is 1. The zero-order valence-corrected chi connectivity index (χ0v) is 20.0. The first-order valence-electron chi connectivity index (χ1n) is 11.0. The van der Waals surface area contributed by atoms with Crippen LogP contribution in [0.4, 0.5) is 5.69 Å². The lowest BCUT2D eigenvalue weighted by Crippen LogP contribution is -2.43. The predicted octanol–water partition coefficient (Wildman–Crippen LogP) is 5.93. The van der Waals surface area contributed by atoms with Gasteiger partial charge < -0.3 is 5.32 Å². The minimum absolute atomic E-state index is 0.0639. The molecule has 2 heterocycles. The third-order valence-electron chi connectivity index (χ3n) is 5.94. The molecular weight excluding hydrogens is 440 g/mol. The summed E-state index contributed by atoms with van der Waals surface area (Å²) in [6, 6.07) is 18.4. The number of nitrogens with one attached hydrogen (secondary N) is 1. The summed E-state index contributed by atoms with van der Waals surface area (Å²) in [6.07, 6.45) is 3.70. The number of benzene rings is 2. The maximum absolute atomic E-state index is 13.1. The van der Waals surface area contributed by atoms with Crippen LogP contribution in [0.1, 0.15) is 47.8 Å². The maximum Gasteiger partial charge on any atom is 0.265 e. The van der Waals surface area contributed by atoms with Crippen molar-refractivity contribution in [2.75, 3.05) is 11.9 Å². The third kappa shape index (κ3) is 4.65. The Kier molecular flexibility index (Phi) is 6.79. The topological polar surface area (TPSA) is 66.5 Å². The molecule has 1 N–H and O–H groups in total. The SMILES string of the molecule is CC[C@@H]1CCCCN1S(=O)(=O)c1ccc(NC(=O)c2cc(C)c(-c3ccccc3)s2)cc1. The van der Waals surface area contributed by atoms with Crippen LogP contribution in [0.25, 0.3) is 10.4 Å². The highest BCUT2D eigenvalue weighted by atomic mass is 32.2. The molecule has 2 aromatic carbocycles. The van der Waals surface area contributed by atoms with Crippen molar-refractivity contribution in [1.29, 1.82) is 0 Å². The summed E-state index contributed by atoms with van der Waals surface area (Å²) in [5.74, 6) is -0.196. The van der Waals surface area contributed by atoms with E-state index in [-0.39, 0.29) is 16.8 Å². The van der Waals surface area contributed by atoms with E-state index in [0.29, 0.717) is 17.1 Å². The minimum Gasteiger partial charge on any atom is -0.321 e. The fourth-order valence-electron chi connectivity index (χ4n) is 4.21. The van der Waals surface area contributed by atoms with E-state index in [0.717, 1.165) is 41.7 Å². The Bertz CT molecular complexity index is 1190. The van der Waals surface area contributed by atoms with Crippen LogP contribution in [0.15, 0.2) is 65.6 Å². The fraction of sp³-hybridized carbons (Fsp3) is 0.320. The molecule has 3 aromatic rings. The first kappa shape index (κ1) is 22.7. The number of anilines is 1. The van der Waals surface area contributed by atoms with E-state index in [1.807, 2.05) is 50.2 Å². The first-order chi connectivity index (χ1) is 15.4. The number of carbonyl (C=O) groups excluding carboxylic acids is 1. The summed E-state index contributed by atoms with van der Waals surface area (Å²) in [4.78, 5) is 14.8. The van der Waals surface area contributed by atoms with Gasteiger partial charge in [0.15, 0.2) is 0 Å². The summed E-state index contributed by atoms with van der Waals surface area (Å²) >= 11 is 1.45. The van der Waals surface area contributed by atoms with Crippen LogP contribution in [-0.2, 0) is 10.0 Å². The molecule has 0 unspecified atom stereocenters. The Morgan fingerprint density at radius 3 is 2.50 bits per heavy atom. The Hall–Kier alpha value is -2.48. The first-order valence-corrected chi connectivity index (χ1v) is 13.2. The monoisotopic (exact) mass is 468 g/mol. The zero-order chi connectivity index (χ0) is 22.7. The van der Waals surface area contributed by atoms with Gasteiger partial charge in [0, 0.05) is 23.2 Å². The van der Waals surface area contributed by atoms with Gasteiger partial charge in [0.05, 0.1) is 9.77 Å². The number of rotatable bonds is 6. The van der Waals surface area contributed by atoms with Crippen LogP contribution >= 0.6 is 11.3 Å². The summed E-state index contributed by atoms with van der Waals surface area (Å²) in [5.41, 5.74) is 2.72. The van der Waals surface area contributed by atoms with Crippen LogP contribution in [-0.4, -0.2) is 31.2 Å². The highest BCUT2D eigenvalue weighted by Crippen LogP contribution is 2.33. The Morgan fingerprint density at radius 2 is 1.81 bits per heavy atom. The number of carbonyl (C=O) groups is 1. The number of piperidine rings is 1. The van der Waals surface area contributed by atoms with Crippen molar-refractivity contribution >= 4 is 33.0 Å². The second-order valence-corrected chi connectivity index (χ2v) is 11.1. The fourth-order valence-corrected chi connectivity index (χ4v) is 7.05. The van der Waals surface area contributed by atoms with Crippen LogP contribution in [0, 0.1) is 6.92 Å². The van der Waals surface area contributed by atoms with Crippen LogP contribution in [0.5, 0.6) is 0 Å². The third-order valence-corrected chi connectivity index (χ3v) is 9.19. The molecule has 1 aliphatic rings. The molecule has 0 aliphatic carbocycles. The standard InChI is InChI=1S/C25H28N2O3S2/c1-3-21-11-7-8-16-27(21)32(29,30)22-14-12-20(13-15-22)26-25(28)23-17-18(2)24(31-23)19-9-5-4-6-10-19/h4-6,9-10,12-15,17,21H,3,7-8,11,16H2,1-2H3,(H,26,28)/t21-/m1/s1. The maximum atomic E-state index is 13.1. The van der Waals surface area contributed by atoms with Crippen LogP contribution < -0.4 is 5.32 Å². The molecule has 0 spiro atoms. The smallest absolute Gasteiger partial charge is 0.265 e. The Morgan fingerprint density at radius 1 is 1.09 bits per heavy atom. The molecule has 168 valence electrons. The van der Waals surface area contributed by atoms with E-state index in [1.54, 1.807) is 28.6 Å². The van der Waals surface area contributed by atoms with E-state index in [1.165, 1.54) is 11.3 Å². The Labute approximate surface area is 194 Å². The van der Waals surface area contributed by atoms with E-state index in [2.05, 4.69) is 5.32 Å². The average Bonchev–Trinajstić information content (AvgIpc) is 3.21. The van der Waals surface area contributed by atoms with Crippen LogP contribution in [0.3, 0.4) is 0 Å². The van der Waals surface area contributed by atoms with Crippen molar-refractivity contribution < 1.29 is 13.2 Å². The lowest BCUT2D eigenvalue weighted by molar-refractivity contribution is 0.103. The van der Waals surface area contributed by atoms with Gasteiger partial charge in [-0.2, -0.15) is 4.31 Å². The molecule has 4 rings (SSSR count). The highest BCUT2D eigenvalue weighted by molar-refractivity contribution is 7.89. The predicted molar refractivity (Wildman–Crippen MR) is 131 cm³/mol. The molecule has 32 heavy (non-hydrogen) atoms. The van der Waals surface area contributed by atoms with E-state index in [4.69, 9.17) is 0 Å². The molecular formula is C25H28N2O3S2. The molecule has 0 radical (unpaired) electrons. The molecule has 0 saturated carbocycles. The number of thiophene rings is 1. The molecule has 7 heteroatoms.